The van der Waals surface area contributed by atoms with Crippen molar-refractivity contribution >= 4 is 27.2 Å². The highest BCUT2D eigenvalue weighted by molar-refractivity contribution is 7.92. The quantitative estimate of drug-likeness (QED) is 0.502. The average molecular weight is 308 g/mol. The number of nitro groups is 1. The van der Waals surface area contributed by atoms with Gasteiger partial charge in [0.05, 0.1) is 10.6 Å². The van der Waals surface area contributed by atoms with E-state index in [0.29, 0.717) is 0 Å². The van der Waals surface area contributed by atoms with Gasteiger partial charge in [-0.15, -0.1) is 0 Å². The van der Waals surface area contributed by atoms with Crippen molar-refractivity contribution in [1.29, 1.82) is 0 Å². The predicted molar refractivity (Wildman–Crippen MR) is 77.3 cm³/mol. The van der Waals surface area contributed by atoms with Gasteiger partial charge in [0.25, 0.3) is 15.7 Å². The van der Waals surface area contributed by atoms with Gasteiger partial charge in [-0.2, -0.15) is 0 Å². The molecule has 0 spiro atoms. The van der Waals surface area contributed by atoms with Crippen molar-refractivity contribution in [2.24, 2.45) is 0 Å². The van der Waals surface area contributed by atoms with Crippen LogP contribution in [0.1, 0.15) is 5.56 Å². The number of nitrogens with two attached hydrogens (primary N) is 1. The van der Waals surface area contributed by atoms with E-state index < -0.39 is 14.9 Å². The Kier molecular flexibility index (Phi) is 3.76. The minimum Gasteiger partial charge on any atom is -0.398 e. The molecule has 0 amide bonds. The van der Waals surface area contributed by atoms with Crippen LogP contribution in [0.5, 0.6) is 0 Å². The second-order valence-corrected chi connectivity index (χ2v) is 5.96. The van der Waals surface area contributed by atoms with Crippen LogP contribution in [-0.4, -0.2) is 18.3 Å². The van der Waals surface area contributed by atoms with Gasteiger partial charge in [0.1, 0.15) is 10.7 Å². The fourth-order valence-corrected chi connectivity index (χ4v) is 2.75. The highest BCUT2D eigenvalue weighted by Crippen LogP contribution is 2.25. The van der Waals surface area contributed by atoms with Gasteiger partial charge >= 0.3 is 0 Å². The Hall–Kier alpha value is -2.68. The normalized spacial score (nSPS) is 11.1. The van der Waals surface area contributed by atoms with Crippen LogP contribution in [0.2, 0.25) is 0 Å². The van der Waals surface area contributed by atoms with Crippen LogP contribution in [0, 0.1) is 17.0 Å². The van der Waals surface area contributed by atoms with Crippen LogP contribution in [0.4, 0.5) is 17.2 Å². The molecule has 3 N–H and O–H groups in total. The summed E-state index contributed by atoms with van der Waals surface area (Å²) in [6.07, 6.45) is 1.49. The molecule has 2 aromatic rings. The van der Waals surface area contributed by atoms with E-state index in [1.807, 2.05) is 6.92 Å². The van der Waals surface area contributed by atoms with E-state index in [9.17, 15) is 18.5 Å². The lowest BCUT2D eigenvalue weighted by Gasteiger charge is -2.09. The standard InChI is InChI=1S/C12H12N4O4S/c1-8-2-5-12(14-7-8)15-21(19,20)11-6-9(16(17)18)3-4-10(11)13/h2-7H,13H2,1H3,(H,14,15). The molecule has 21 heavy (non-hydrogen) atoms. The van der Waals surface area contributed by atoms with Gasteiger partial charge < -0.3 is 5.73 Å². The van der Waals surface area contributed by atoms with Crippen molar-refractivity contribution in [3.8, 4) is 0 Å². The van der Waals surface area contributed by atoms with Gasteiger partial charge in [0.15, 0.2) is 0 Å². The SMILES string of the molecule is Cc1ccc(NS(=O)(=O)c2cc([N+](=O)[O-])ccc2N)nc1. The van der Waals surface area contributed by atoms with Crippen LogP contribution >= 0.6 is 0 Å². The number of rotatable bonds is 4. The molecule has 1 aromatic carbocycles. The first-order chi connectivity index (χ1) is 9.79. The first kappa shape index (κ1) is 14.7. The third-order valence-corrected chi connectivity index (χ3v) is 4.06. The summed E-state index contributed by atoms with van der Waals surface area (Å²) in [5.74, 6) is 0.103. The van der Waals surface area contributed by atoms with Gasteiger partial charge in [-0.1, -0.05) is 6.07 Å². The van der Waals surface area contributed by atoms with Crippen LogP contribution in [-0.2, 0) is 10.0 Å². The third kappa shape index (κ3) is 3.26. The highest BCUT2D eigenvalue weighted by Gasteiger charge is 2.21. The molecule has 0 bridgehead atoms. The fraction of sp³-hybridized carbons (Fsp3) is 0.0833. The average Bonchev–Trinajstić information content (AvgIpc) is 2.41. The maximum atomic E-state index is 12.2. The van der Waals surface area contributed by atoms with E-state index in [1.54, 1.807) is 6.07 Å². The van der Waals surface area contributed by atoms with Crippen molar-refractivity contribution in [3.05, 3.63) is 52.2 Å². The summed E-state index contributed by atoms with van der Waals surface area (Å²) in [6, 6.07) is 6.39. The van der Waals surface area contributed by atoms with Crippen LogP contribution in [0.15, 0.2) is 41.4 Å². The fourth-order valence-electron chi connectivity index (χ4n) is 1.59. The Labute approximate surface area is 120 Å². The van der Waals surface area contributed by atoms with Gasteiger partial charge in [0, 0.05) is 18.3 Å². The molecule has 0 unspecified atom stereocenters. The number of aryl methyl sites for hydroxylation is 1. The van der Waals surface area contributed by atoms with E-state index in [4.69, 9.17) is 5.73 Å². The summed E-state index contributed by atoms with van der Waals surface area (Å²) < 4.78 is 26.7. The molecule has 9 heteroatoms. The Morgan fingerprint density at radius 2 is 2.00 bits per heavy atom. The first-order valence-corrected chi connectivity index (χ1v) is 7.27. The zero-order valence-electron chi connectivity index (χ0n) is 11.0. The first-order valence-electron chi connectivity index (χ1n) is 5.79. The topological polar surface area (TPSA) is 128 Å². The summed E-state index contributed by atoms with van der Waals surface area (Å²) in [7, 11) is -4.05. The maximum absolute atomic E-state index is 12.2. The molecule has 8 nitrogen and oxygen atoms in total. The number of non-ortho nitro benzene ring substituents is 1. The number of sulfonamides is 1. The van der Waals surface area contributed by atoms with Crippen molar-refractivity contribution in [2.45, 2.75) is 11.8 Å². The molecular weight excluding hydrogens is 296 g/mol. The molecule has 0 aliphatic carbocycles. The van der Waals surface area contributed by atoms with E-state index in [1.165, 1.54) is 18.3 Å². The van der Waals surface area contributed by atoms with E-state index >= 15 is 0 Å². The minimum atomic E-state index is -4.05. The van der Waals surface area contributed by atoms with E-state index in [0.717, 1.165) is 17.7 Å². The summed E-state index contributed by atoms with van der Waals surface area (Å²) in [5, 5.41) is 10.7. The second kappa shape index (κ2) is 5.37. The number of nitro benzene ring substituents is 1. The molecule has 1 aromatic heterocycles. The number of nitrogen functional groups attached to an aromatic ring is 1. The molecule has 0 aliphatic heterocycles. The molecule has 1 heterocycles. The van der Waals surface area contributed by atoms with E-state index in [-0.39, 0.29) is 22.1 Å². The Morgan fingerprint density at radius 3 is 2.57 bits per heavy atom. The van der Waals surface area contributed by atoms with Crippen molar-refractivity contribution in [2.75, 3.05) is 10.5 Å². The molecule has 0 radical (unpaired) electrons. The lowest BCUT2D eigenvalue weighted by molar-refractivity contribution is -0.385. The number of nitrogens with zero attached hydrogens (tertiary/aromatic N) is 2. The van der Waals surface area contributed by atoms with Gasteiger partial charge in [-0.25, -0.2) is 13.4 Å². The number of anilines is 2. The van der Waals surface area contributed by atoms with Crippen LogP contribution < -0.4 is 10.5 Å². The molecule has 0 saturated carbocycles. The summed E-state index contributed by atoms with van der Waals surface area (Å²) in [5.41, 5.74) is 6.02. The zero-order valence-corrected chi connectivity index (χ0v) is 11.8. The number of nitrogens with one attached hydrogen (secondary N) is 1. The Morgan fingerprint density at radius 1 is 1.29 bits per heavy atom. The summed E-state index contributed by atoms with van der Waals surface area (Å²) >= 11 is 0. The number of aromatic nitrogens is 1. The summed E-state index contributed by atoms with van der Waals surface area (Å²) in [6.45, 7) is 1.81. The largest absolute Gasteiger partial charge is 0.398 e. The molecule has 2 rings (SSSR count). The van der Waals surface area contributed by atoms with Crippen molar-refractivity contribution in [1.82, 2.24) is 4.98 Å². The maximum Gasteiger partial charge on any atom is 0.270 e. The van der Waals surface area contributed by atoms with Gasteiger partial charge in [0.2, 0.25) is 0 Å². The molecule has 0 atom stereocenters. The molecule has 110 valence electrons. The molecular formula is C12H12N4O4S. The summed E-state index contributed by atoms with van der Waals surface area (Å²) in [4.78, 5) is 13.6. The van der Waals surface area contributed by atoms with Crippen LogP contribution in [0.25, 0.3) is 0 Å². The smallest absolute Gasteiger partial charge is 0.270 e. The third-order valence-electron chi connectivity index (χ3n) is 2.65. The van der Waals surface area contributed by atoms with Gasteiger partial charge in [-0.05, 0) is 24.6 Å². The molecule has 0 fully saturated rings. The second-order valence-electron chi connectivity index (χ2n) is 4.31. The number of hydrogen-bond acceptors (Lipinski definition) is 6. The van der Waals surface area contributed by atoms with Gasteiger partial charge in [-0.3, -0.25) is 14.8 Å². The molecule has 0 saturated heterocycles. The number of pyridine rings is 1. The Balaban J connectivity index is 2.41. The molecule has 0 aliphatic rings. The lowest BCUT2D eigenvalue weighted by Crippen LogP contribution is -2.15. The monoisotopic (exact) mass is 308 g/mol. The predicted octanol–water partition coefficient (Wildman–Crippen LogP) is 1.68. The highest BCUT2D eigenvalue weighted by atomic mass is 32.2. The Bertz CT molecular complexity index is 787. The lowest BCUT2D eigenvalue weighted by atomic mass is 10.3. The number of hydrogen-bond donors (Lipinski definition) is 2. The van der Waals surface area contributed by atoms with E-state index in [2.05, 4.69) is 9.71 Å². The minimum absolute atomic E-state index is 0.0831. The van der Waals surface area contributed by atoms with Crippen LogP contribution in [0.3, 0.4) is 0 Å². The van der Waals surface area contributed by atoms with Crippen molar-refractivity contribution in [3.63, 3.8) is 0 Å². The zero-order chi connectivity index (χ0) is 15.6. The number of benzene rings is 1. The van der Waals surface area contributed by atoms with Crippen molar-refractivity contribution < 1.29 is 13.3 Å².